The van der Waals surface area contributed by atoms with Crippen molar-refractivity contribution in [1.29, 1.82) is 0 Å². The molecule has 0 aromatic heterocycles. The quantitative estimate of drug-likeness (QED) is 0.767. The maximum absolute atomic E-state index is 13.0. The van der Waals surface area contributed by atoms with Crippen molar-refractivity contribution < 1.29 is 32.2 Å². The van der Waals surface area contributed by atoms with Gasteiger partial charge in [0.2, 0.25) is 5.91 Å². The third-order valence-corrected chi connectivity index (χ3v) is 7.41. The van der Waals surface area contributed by atoms with Crippen molar-refractivity contribution in [2.24, 2.45) is 11.8 Å². The van der Waals surface area contributed by atoms with Gasteiger partial charge in [0.15, 0.2) is 0 Å². The minimum Gasteiger partial charge on any atom is -0.487 e. The Hall–Kier alpha value is -2.45. The minimum atomic E-state index is -4.37. The van der Waals surface area contributed by atoms with Crippen LogP contribution in [0.15, 0.2) is 18.2 Å². The fraction of sp³-hybridized carbons (Fsp3) is 0.636. The molecule has 3 heterocycles. The Morgan fingerprint density at radius 3 is 2.55 bits per heavy atom. The molecular formula is C22H25F3N2O4. The average Bonchev–Trinajstić information content (AvgIpc) is 3.25. The van der Waals surface area contributed by atoms with E-state index in [1.54, 1.807) is 0 Å². The van der Waals surface area contributed by atoms with Crippen LogP contribution in [0.1, 0.15) is 43.7 Å². The molecule has 1 aromatic rings. The predicted molar refractivity (Wildman–Crippen MR) is 103 cm³/mol. The van der Waals surface area contributed by atoms with Crippen LogP contribution in [0.25, 0.3) is 0 Å². The van der Waals surface area contributed by atoms with Crippen LogP contribution in [0.4, 0.5) is 18.0 Å². The number of carbonyl (C=O) groups excluding carboxylic acids is 2. The van der Waals surface area contributed by atoms with E-state index in [2.05, 4.69) is 5.32 Å². The van der Waals surface area contributed by atoms with E-state index in [-0.39, 0.29) is 23.3 Å². The molecule has 0 radical (unpaired) electrons. The highest BCUT2D eigenvalue weighted by Gasteiger charge is 2.54. The van der Waals surface area contributed by atoms with Crippen molar-refractivity contribution >= 4 is 12.0 Å². The van der Waals surface area contributed by atoms with Gasteiger partial charge in [0.25, 0.3) is 0 Å². The Kier molecular flexibility index (Phi) is 4.47. The van der Waals surface area contributed by atoms with Gasteiger partial charge in [0.1, 0.15) is 18.0 Å². The van der Waals surface area contributed by atoms with Crippen LogP contribution in [0.5, 0.6) is 5.75 Å². The lowest BCUT2D eigenvalue weighted by Gasteiger charge is -2.46. The van der Waals surface area contributed by atoms with Crippen LogP contribution in [0, 0.1) is 11.8 Å². The maximum atomic E-state index is 13.0. The molecule has 31 heavy (non-hydrogen) atoms. The summed E-state index contributed by atoms with van der Waals surface area (Å²) in [7, 11) is 0. The molecule has 1 aliphatic carbocycles. The summed E-state index contributed by atoms with van der Waals surface area (Å²) in [6.07, 6.45) is -1.63. The SMILES string of the molecule is CC1(C2CCN(C(=O)[C@H]3C[C@@]4(COC(=O)N4)C3)CC2)Cc2cc(C(F)(F)F)ccc2O1. The normalized spacial score (nSPS) is 32.8. The average molecular weight is 438 g/mol. The monoisotopic (exact) mass is 438 g/mol. The van der Waals surface area contributed by atoms with Gasteiger partial charge in [0, 0.05) is 31.3 Å². The van der Waals surface area contributed by atoms with Crippen LogP contribution in [-0.4, -0.2) is 47.7 Å². The fourth-order valence-electron chi connectivity index (χ4n) is 5.63. The molecule has 3 fully saturated rings. The van der Waals surface area contributed by atoms with Gasteiger partial charge >= 0.3 is 12.3 Å². The third-order valence-electron chi connectivity index (χ3n) is 7.41. The van der Waals surface area contributed by atoms with Crippen LogP contribution in [0.2, 0.25) is 0 Å². The Morgan fingerprint density at radius 2 is 1.94 bits per heavy atom. The van der Waals surface area contributed by atoms with E-state index >= 15 is 0 Å². The number of fused-ring (bicyclic) bond motifs is 1. The molecule has 1 spiro atoms. The number of amides is 2. The summed E-state index contributed by atoms with van der Waals surface area (Å²) < 4.78 is 50.2. The predicted octanol–water partition coefficient (Wildman–Crippen LogP) is 3.53. The molecule has 6 nitrogen and oxygen atoms in total. The van der Waals surface area contributed by atoms with Gasteiger partial charge in [-0.25, -0.2) is 4.79 Å². The summed E-state index contributed by atoms with van der Waals surface area (Å²) >= 11 is 0. The molecule has 1 atom stereocenters. The Balaban J connectivity index is 1.17. The first kappa shape index (κ1) is 20.5. The second-order valence-electron chi connectivity index (χ2n) is 9.60. The summed E-state index contributed by atoms with van der Waals surface area (Å²) in [5.74, 6) is 0.700. The van der Waals surface area contributed by atoms with Crippen molar-refractivity contribution in [1.82, 2.24) is 10.2 Å². The Morgan fingerprint density at radius 1 is 1.23 bits per heavy atom. The number of nitrogens with one attached hydrogen (secondary N) is 1. The molecule has 1 saturated carbocycles. The molecule has 1 N–H and O–H groups in total. The number of hydrogen-bond acceptors (Lipinski definition) is 4. The van der Waals surface area contributed by atoms with E-state index in [9.17, 15) is 22.8 Å². The summed E-state index contributed by atoms with van der Waals surface area (Å²) in [5, 5.41) is 2.81. The molecule has 0 bridgehead atoms. The first-order chi connectivity index (χ1) is 14.6. The number of alkyl carbamates (subject to hydrolysis) is 1. The van der Waals surface area contributed by atoms with Crippen molar-refractivity contribution in [2.75, 3.05) is 19.7 Å². The van der Waals surface area contributed by atoms with Crippen molar-refractivity contribution in [3.05, 3.63) is 29.3 Å². The van der Waals surface area contributed by atoms with E-state index in [4.69, 9.17) is 9.47 Å². The number of cyclic esters (lactones) is 1. The smallest absolute Gasteiger partial charge is 0.416 e. The first-order valence-electron chi connectivity index (χ1n) is 10.7. The topological polar surface area (TPSA) is 67.9 Å². The standard InChI is InChI=1S/C22H25F3N2O4/c1-20(9-13-8-16(22(23,24)25)2-3-17(13)31-20)15-4-6-27(7-5-15)18(28)14-10-21(11-14)12-30-19(29)26-21/h2-3,8,14-15H,4-7,9-12H2,1H3,(H,26,29)/t14-,20?,21-. The molecule has 2 saturated heterocycles. The fourth-order valence-corrected chi connectivity index (χ4v) is 5.63. The lowest BCUT2D eigenvalue weighted by molar-refractivity contribution is -0.143. The number of hydrogen-bond donors (Lipinski definition) is 1. The van der Waals surface area contributed by atoms with Gasteiger partial charge in [-0.05, 0) is 56.4 Å². The number of likely N-dealkylation sites (tertiary alicyclic amines) is 1. The number of ether oxygens (including phenoxy) is 2. The first-order valence-corrected chi connectivity index (χ1v) is 10.7. The minimum absolute atomic E-state index is 0.0955. The largest absolute Gasteiger partial charge is 0.487 e. The highest BCUT2D eigenvalue weighted by Crippen LogP contribution is 2.46. The molecule has 168 valence electrons. The molecule has 1 unspecified atom stereocenters. The van der Waals surface area contributed by atoms with E-state index in [0.29, 0.717) is 50.3 Å². The zero-order chi connectivity index (χ0) is 22.0. The molecule has 1 aromatic carbocycles. The lowest BCUT2D eigenvalue weighted by atomic mass is 9.68. The van der Waals surface area contributed by atoms with Crippen molar-refractivity contribution in [3.63, 3.8) is 0 Å². The molecule has 2 amide bonds. The van der Waals surface area contributed by atoms with Crippen molar-refractivity contribution in [2.45, 2.75) is 56.3 Å². The number of rotatable bonds is 2. The van der Waals surface area contributed by atoms with Crippen LogP contribution in [-0.2, 0) is 22.1 Å². The number of benzene rings is 1. The Labute approximate surface area is 178 Å². The van der Waals surface area contributed by atoms with Gasteiger partial charge in [-0.2, -0.15) is 13.2 Å². The Bertz CT molecular complexity index is 920. The van der Waals surface area contributed by atoms with Gasteiger partial charge in [-0.1, -0.05) is 0 Å². The van der Waals surface area contributed by atoms with Crippen LogP contribution in [0.3, 0.4) is 0 Å². The number of halogens is 3. The van der Waals surface area contributed by atoms with Crippen LogP contribution < -0.4 is 10.1 Å². The van der Waals surface area contributed by atoms with Gasteiger partial charge in [-0.15, -0.1) is 0 Å². The second kappa shape index (κ2) is 6.77. The molecule has 9 heteroatoms. The number of piperidine rings is 1. The van der Waals surface area contributed by atoms with E-state index < -0.39 is 23.4 Å². The lowest BCUT2D eigenvalue weighted by Crippen LogP contribution is -2.59. The summed E-state index contributed by atoms with van der Waals surface area (Å²) in [6, 6.07) is 3.67. The highest BCUT2D eigenvalue weighted by atomic mass is 19.4. The second-order valence-corrected chi connectivity index (χ2v) is 9.60. The third kappa shape index (κ3) is 3.51. The summed E-state index contributed by atoms with van der Waals surface area (Å²) in [4.78, 5) is 26.0. The zero-order valence-corrected chi connectivity index (χ0v) is 17.3. The van der Waals surface area contributed by atoms with Gasteiger partial charge < -0.3 is 19.7 Å². The number of nitrogens with zero attached hydrogens (tertiary/aromatic N) is 1. The summed E-state index contributed by atoms with van der Waals surface area (Å²) in [5.41, 5.74) is -0.992. The van der Waals surface area contributed by atoms with Crippen molar-refractivity contribution in [3.8, 4) is 5.75 Å². The number of alkyl halides is 3. The molecule has 3 aliphatic heterocycles. The summed E-state index contributed by atoms with van der Waals surface area (Å²) in [6.45, 7) is 3.50. The van der Waals surface area contributed by atoms with Crippen LogP contribution >= 0.6 is 0 Å². The van der Waals surface area contributed by atoms with Gasteiger partial charge in [-0.3, -0.25) is 4.79 Å². The number of carbonyl (C=O) groups is 2. The van der Waals surface area contributed by atoms with Gasteiger partial charge in [0.05, 0.1) is 11.1 Å². The molecule has 4 aliphatic rings. The van der Waals surface area contributed by atoms with E-state index in [0.717, 1.165) is 18.9 Å². The van der Waals surface area contributed by atoms with E-state index in [1.807, 2.05) is 11.8 Å². The molecule has 5 rings (SSSR count). The van der Waals surface area contributed by atoms with E-state index in [1.165, 1.54) is 12.1 Å². The molecular weight excluding hydrogens is 413 g/mol. The highest BCUT2D eigenvalue weighted by molar-refractivity contribution is 5.81. The zero-order valence-electron chi connectivity index (χ0n) is 17.3. The maximum Gasteiger partial charge on any atom is 0.416 e.